The molecule has 0 unspecified atom stereocenters. The molecule has 3 N–H and O–H groups in total. The minimum absolute atomic E-state index is 0.371. The number of carbonyl (C=O) groups excluding carboxylic acids is 1. The average Bonchev–Trinajstić information content (AvgIpc) is 2.46. The normalized spacial score (nSPS) is 18.0. The van der Waals surface area contributed by atoms with Gasteiger partial charge in [0.05, 0.1) is 22.8 Å². The summed E-state index contributed by atoms with van der Waals surface area (Å²) in [6.07, 6.45) is -5.23. The standard InChI is InChI=1S/C14H18ClF3N2O/c1-4-13(2,3)20-7-11(21)8-5-9(14(16,17)18)12(19)10(15)6-8/h5-6,20H,4,7,19H2,1-3H3/i2D3,3D3. The lowest BCUT2D eigenvalue weighted by molar-refractivity contribution is -0.136. The zero-order chi connectivity index (χ0) is 21.4. The Morgan fingerprint density at radius 3 is 2.52 bits per heavy atom. The van der Waals surface area contributed by atoms with Gasteiger partial charge in [0.1, 0.15) is 0 Å². The maximum atomic E-state index is 13.0. The highest BCUT2D eigenvalue weighted by Crippen LogP contribution is 2.37. The van der Waals surface area contributed by atoms with E-state index in [0.29, 0.717) is 6.07 Å². The second-order valence-electron chi connectivity index (χ2n) is 4.45. The van der Waals surface area contributed by atoms with Gasteiger partial charge in [0.25, 0.3) is 0 Å². The summed E-state index contributed by atoms with van der Waals surface area (Å²) in [6, 6.07) is 1.40. The lowest BCUT2D eigenvalue weighted by Crippen LogP contribution is -2.41. The van der Waals surface area contributed by atoms with Crippen LogP contribution in [0.3, 0.4) is 0 Å². The van der Waals surface area contributed by atoms with Crippen molar-refractivity contribution in [3.63, 3.8) is 0 Å². The summed E-state index contributed by atoms with van der Waals surface area (Å²) in [4.78, 5) is 12.3. The number of halogens is 4. The zero-order valence-corrected chi connectivity index (χ0v) is 11.8. The Balaban J connectivity index is 3.24. The summed E-state index contributed by atoms with van der Waals surface area (Å²) in [5.74, 6) is -0.964. The summed E-state index contributed by atoms with van der Waals surface area (Å²) in [6.45, 7) is -5.49. The number of anilines is 1. The molecule has 0 aliphatic carbocycles. The topological polar surface area (TPSA) is 55.1 Å². The molecule has 1 aromatic carbocycles. The van der Waals surface area contributed by atoms with Crippen molar-refractivity contribution >= 4 is 23.1 Å². The summed E-state index contributed by atoms with van der Waals surface area (Å²) in [5, 5.41) is 1.72. The third-order valence-electron chi connectivity index (χ3n) is 2.84. The van der Waals surface area contributed by atoms with Crippen LogP contribution in [0.5, 0.6) is 0 Å². The largest absolute Gasteiger partial charge is 0.418 e. The Hall–Kier alpha value is -1.27. The number of hydrogen-bond acceptors (Lipinski definition) is 3. The molecule has 0 heterocycles. The molecule has 7 heteroatoms. The Kier molecular flexibility index (Phi) is 3.10. The first-order chi connectivity index (χ1) is 12.0. The van der Waals surface area contributed by atoms with E-state index in [1.165, 1.54) is 6.92 Å². The fraction of sp³-hybridized carbons (Fsp3) is 0.500. The SMILES string of the molecule is [2H]C([2H])([2H])C(CC)(NCC(=O)c1cc(Cl)c(N)c(C(F)(F)F)c1)C([2H])([2H])[2H]. The fourth-order valence-electron chi connectivity index (χ4n) is 1.47. The van der Waals surface area contributed by atoms with Gasteiger partial charge >= 0.3 is 6.18 Å². The molecule has 0 amide bonds. The first-order valence-electron chi connectivity index (χ1n) is 8.92. The highest BCUT2D eigenvalue weighted by atomic mass is 35.5. The van der Waals surface area contributed by atoms with E-state index in [-0.39, 0.29) is 6.42 Å². The van der Waals surface area contributed by atoms with Crippen LogP contribution >= 0.6 is 11.6 Å². The van der Waals surface area contributed by atoms with Crippen LogP contribution in [-0.4, -0.2) is 17.9 Å². The molecule has 0 radical (unpaired) electrons. The van der Waals surface area contributed by atoms with Gasteiger partial charge in [0, 0.05) is 19.3 Å². The van der Waals surface area contributed by atoms with Gasteiger partial charge in [0.2, 0.25) is 0 Å². The number of ketones is 1. The third-order valence-corrected chi connectivity index (χ3v) is 3.15. The van der Waals surface area contributed by atoms with Crippen LogP contribution in [0.4, 0.5) is 18.9 Å². The second kappa shape index (κ2) is 6.23. The number of alkyl halides is 3. The van der Waals surface area contributed by atoms with Crippen molar-refractivity contribution < 1.29 is 26.2 Å². The Bertz CT molecular complexity index is 705. The number of hydrogen-bond donors (Lipinski definition) is 2. The third kappa shape index (κ3) is 4.61. The van der Waals surface area contributed by atoms with Crippen LogP contribution < -0.4 is 11.1 Å². The molecule has 0 aromatic heterocycles. The van der Waals surface area contributed by atoms with Crippen molar-refractivity contribution in [2.45, 2.75) is 38.8 Å². The minimum atomic E-state index is -4.86. The molecule has 0 bridgehead atoms. The quantitative estimate of drug-likeness (QED) is 0.636. The molecule has 0 fully saturated rings. The first kappa shape index (κ1) is 10.5. The number of benzene rings is 1. The van der Waals surface area contributed by atoms with E-state index in [2.05, 4.69) is 5.32 Å². The summed E-state index contributed by atoms with van der Waals surface area (Å²) in [5.41, 5.74) is 0.348. The molecular formula is C14H18ClF3N2O. The van der Waals surface area contributed by atoms with Crippen molar-refractivity contribution in [2.24, 2.45) is 0 Å². The smallest absolute Gasteiger partial charge is 0.397 e. The number of carbonyl (C=O) groups is 1. The lowest BCUT2D eigenvalue weighted by atomic mass is 10.0. The van der Waals surface area contributed by atoms with Gasteiger partial charge in [-0.1, -0.05) is 18.5 Å². The molecule has 1 rings (SSSR count). The van der Waals surface area contributed by atoms with Crippen LogP contribution in [0.2, 0.25) is 5.02 Å². The molecule has 0 aliphatic rings. The number of Topliss-reactive ketones (excluding diaryl/α,β-unsaturated/α-hetero) is 1. The van der Waals surface area contributed by atoms with Gasteiger partial charge < -0.3 is 11.1 Å². The molecule has 3 nitrogen and oxygen atoms in total. The molecule has 118 valence electrons. The summed E-state index contributed by atoms with van der Waals surface area (Å²) < 4.78 is 84.2. The molecule has 0 atom stereocenters. The molecule has 0 spiro atoms. The Morgan fingerprint density at radius 2 is 2.05 bits per heavy atom. The lowest BCUT2D eigenvalue weighted by Gasteiger charge is -2.24. The maximum absolute atomic E-state index is 13.0. The number of rotatable bonds is 5. The number of nitrogen functional groups attached to an aromatic ring is 1. The van der Waals surface area contributed by atoms with E-state index in [9.17, 15) is 18.0 Å². The molecule has 21 heavy (non-hydrogen) atoms. The van der Waals surface area contributed by atoms with Crippen molar-refractivity contribution in [3.8, 4) is 0 Å². The molecule has 0 saturated carbocycles. The Morgan fingerprint density at radius 1 is 1.43 bits per heavy atom. The fourth-order valence-corrected chi connectivity index (χ4v) is 1.69. The van der Waals surface area contributed by atoms with Gasteiger partial charge in [-0.15, -0.1) is 0 Å². The van der Waals surface area contributed by atoms with E-state index in [1.807, 2.05) is 0 Å². The van der Waals surface area contributed by atoms with Gasteiger partial charge in [-0.25, -0.2) is 0 Å². The molecular weight excluding hydrogens is 305 g/mol. The van der Waals surface area contributed by atoms with Crippen LogP contribution in [0.1, 0.15) is 51.2 Å². The van der Waals surface area contributed by atoms with E-state index in [1.54, 1.807) is 0 Å². The minimum Gasteiger partial charge on any atom is -0.397 e. The number of nitrogens with two attached hydrogens (primary N) is 1. The van der Waals surface area contributed by atoms with Crippen molar-refractivity contribution in [2.75, 3.05) is 12.3 Å². The van der Waals surface area contributed by atoms with Gasteiger partial charge in [-0.05, 0) is 32.3 Å². The molecule has 0 saturated heterocycles. The molecule has 0 aliphatic heterocycles. The maximum Gasteiger partial charge on any atom is 0.418 e. The Labute approximate surface area is 135 Å². The highest BCUT2D eigenvalue weighted by molar-refractivity contribution is 6.33. The van der Waals surface area contributed by atoms with Crippen molar-refractivity contribution in [3.05, 3.63) is 28.3 Å². The zero-order valence-electron chi connectivity index (χ0n) is 17.1. The summed E-state index contributed by atoms with van der Waals surface area (Å²) >= 11 is 5.65. The predicted molar refractivity (Wildman–Crippen MR) is 77.6 cm³/mol. The monoisotopic (exact) mass is 328 g/mol. The second-order valence-corrected chi connectivity index (χ2v) is 4.86. The van der Waals surface area contributed by atoms with Gasteiger partial charge in [0.15, 0.2) is 5.78 Å². The van der Waals surface area contributed by atoms with E-state index in [0.717, 1.165) is 6.07 Å². The molecule has 1 aromatic rings. The summed E-state index contributed by atoms with van der Waals surface area (Å²) in [7, 11) is 0. The van der Waals surface area contributed by atoms with Gasteiger partial charge in [-0.2, -0.15) is 13.2 Å². The van der Waals surface area contributed by atoms with Crippen molar-refractivity contribution in [1.29, 1.82) is 0 Å². The average molecular weight is 329 g/mol. The predicted octanol–water partition coefficient (Wildman–Crippen LogP) is 3.90. The van der Waals surface area contributed by atoms with Crippen molar-refractivity contribution in [1.82, 2.24) is 5.32 Å². The van der Waals surface area contributed by atoms with Crippen LogP contribution in [0.15, 0.2) is 12.1 Å². The van der Waals surface area contributed by atoms with Crippen LogP contribution in [-0.2, 0) is 6.18 Å². The van der Waals surface area contributed by atoms with E-state index in [4.69, 9.17) is 25.6 Å². The van der Waals surface area contributed by atoms with E-state index >= 15 is 0 Å². The highest BCUT2D eigenvalue weighted by Gasteiger charge is 2.34. The van der Waals surface area contributed by atoms with Crippen LogP contribution in [0, 0.1) is 0 Å². The van der Waals surface area contributed by atoms with E-state index < -0.39 is 59.6 Å². The van der Waals surface area contributed by atoms with Gasteiger partial charge in [-0.3, -0.25) is 4.79 Å². The van der Waals surface area contributed by atoms with Crippen LogP contribution in [0.25, 0.3) is 0 Å². The number of nitrogens with one attached hydrogen (secondary N) is 1. The first-order valence-corrected chi connectivity index (χ1v) is 6.30.